The number of nitrogen functional groups attached to an aromatic ring is 1. The summed E-state index contributed by atoms with van der Waals surface area (Å²) in [6.45, 7) is 7.08. The molecule has 8 nitrogen and oxygen atoms in total. The van der Waals surface area contributed by atoms with Crippen molar-refractivity contribution in [1.82, 2.24) is 19.4 Å². The van der Waals surface area contributed by atoms with Gasteiger partial charge in [0.25, 0.3) is 11.8 Å². The van der Waals surface area contributed by atoms with Crippen LogP contribution < -0.4 is 11.1 Å². The van der Waals surface area contributed by atoms with Crippen LogP contribution in [0.3, 0.4) is 0 Å². The first-order chi connectivity index (χ1) is 18.8. The van der Waals surface area contributed by atoms with E-state index in [2.05, 4.69) is 21.9 Å². The summed E-state index contributed by atoms with van der Waals surface area (Å²) >= 11 is 0. The first-order valence-electron chi connectivity index (χ1n) is 13.3. The van der Waals surface area contributed by atoms with Gasteiger partial charge in [-0.25, -0.2) is 9.97 Å². The van der Waals surface area contributed by atoms with Crippen molar-refractivity contribution in [2.45, 2.75) is 32.6 Å². The normalized spacial score (nSPS) is 15.9. The predicted molar refractivity (Wildman–Crippen MR) is 154 cm³/mol. The molecular weight excluding hydrogens is 488 g/mol. The molecule has 0 atom stereocenters. The fourth-order valence-electron chi connectivity index (χ4n) is 6.00. The van der Waals surface area contributed by atoms with E-state index < -0.39 is 0 Å². The number of carbonyl (C=O) groups is 2. The number of nitrogens with zero attached hydrogens (tertiary/aromatic N) is 4. The standard InChI is InChI=1S/C31H32N6O2/c1-19(2)29(38)35-23-11-9-21(10-12-23)26-24(25-27(32)33-18-34-28(25)36(26)3)20-5-7-22(8-6-20)30(39)37-16-15-31(17-37)13-4-14-31/h5-12,18H,1,4,13-17H2,2-3H3,(H,35,38)(H2,32,33,34). The van der Waals surface area contributed by atoms with Crippen LogP contribution in [0.4, 0.5) is 11.5 Å². The van der Waals surface area contributed by atoms with E-state index >= 15 is 0 Å². The third kappa shape index (κ3) is 4.26. The summed E-state index contributed by atoms with van der Waals surface area (Å²) in [5.74, 6) is 0.270. The second-order valence-electron chi connectivity index (χ2n) is 11.0. The lowest BCUT2D eigenvalue weighted by Crippen LogP contribution is -2.35. The molecule has 0 radical (unpaired) electrons. The summed E-state index contributed by atoms with van der Waals surface area (Å²) in [4.78, 5) is 36.1. The Morgan fingerprint density at radius 2 is 1.69 bits per heavy atom. The number of aryl methyl sites for hydroxylation is 1. The van der Waals surface area contributed by atoms with Gasteiger partial charge in [-0.1, -0.05) is 37.3 Å². The van der Waals surface area contributed by atoms with Gasteiger partial charge in [-0.3, -0.25) is 9.59 Å². The van der Waals surface area contributed by atoms with Crippen LogP contribution in [0, 0.1) is 5.41 Å². The van der Waals surface area contributed by atoms with Crippen molar-refractivity contribution in [2.75, 3.05) is 24.1 Å². The third-order valence-corrected chi connectivity index (χ3v) is 8.36. The van der Waals surface area contributed by atoms with Gasteiger partial charge < -0.3 is 20.5 Å². The maximum Gasteiger partial charge on any atom is 0.253 e. The minimum absolute atomic E-state index is 0.0960. The molecule has 8 heteroatoms. The maximum atomic E-state index is 13.3. The lowest BCUT2D eigenvalue weighted by molar-refractivity contribution is -0.112. The molecule has 2 aromatic carbocycles. The summed E-state index contributed by atoms with van der Waals surface area (Å²) in [6, 6.07) is 15.4. The summed E-state index contributed by atoms with van der Waals surface area (Å²) in [6.07, 6.45) is 6.34. The molecule has 2 aromatic heterocycles. The number of rotatable bonds is 5. The molecule has 3 heterocycles. The van der Waals surface area contributed by atoms with Crippen LogP contribution in [0.2, 0.25) is 0 Å². The SMILES string of the molecule is C=C(C)C(=O)Nc1ccc(-c2c(-c3ccc(C(=O)N4CCC5(CCC5)C4)cc3)c3c(N)ncnc3n2C)cc1. The van der Waals surface area contributed by atoms with Crippen LogP contribution in [0.5, 0.6) is 0 Å². The van der Waals surface area contributed by atoms with Gasteiger partial charge in [0.2, 0.25) is 0 Å². The molecule has 1 aliphatic carbocycles. The number of benzene rings is 2. The molecule has 1 spiro atoms. The average Bonchev–Trinajstić information content (AvgIpc) is 3.50. The van der Waals surface area contributed by atoms with Crippen molar-refractivity contribution in [3.05, 3.63) is 72.6 Å². The van der Waals surface area contributed by atoms with E-state index in [0.29, 0.717) is 28.1 Å². The molecule has 1 saturated carbocycles. The number of likely N-dealkylation sites (tertiary alicyclic amines) is 1. The number of nitrogens with one attached hydrogen (secondary N) is 1. The van der Waals surface area contributed by atoms with E-state index in [0.717, 1.165) is 52.9 Å². The van der Waals surface area contributed by atoms with Gasteiger partial charge in [0.05, 0.1) is 11.1 Å². The van der Waals surface area contributed by atoms with Gasteiger partial charge in [-0.2, -0.15) is 0 Å². The smallest absolute Gasteiger partial charge is 0.253 e. The number of nitrogens with two attached hydrogens (primary N) is 1. The van der Waals surface area contributed by atoms with E-state index in [4.69, 9.17) is 5.73 Å². The molecule has 2 fully saturated rings. The van der Waals surface area contributed by atoms with E-state index in [1.807, 2.05) is 65.0 Å². The number of aromatic nitrogens is 3. The second-order valence-corrected chi connectivity index (χ2v) is 11.0. The van der Waals surface area contributed by atoms with Crippen molar-refractivity contribution in [1.29, 1.82) is 0 Å². The van der Waals surface area contributed by atoms with Crippen LogP contribution >= 0.6 is 0 Å². The summed E-state index contributed by atoms with van der Waals surface area (Å²) < 4.78 is 2.01. The van der Waals surface area contributed by atoms with Crippen molar-refractivity contribution in [3.63, 3.8) is 0 Å². The number of hydrogen-bond donors (Lipinski definition) is 2. The van der Waals surface area contributed by atoms with Crippen LogP contribution in [-0.4, -0.2) is 44.3 Å². The Kier molecular flexibility index (Phi) is 5.98. The number of amides is 2. The third-order valence-electron chi connectivity index (χ3n) is 8.36. The van der Waals surface area contributed by atoms with Gasteiger partial charge in [0, 0.05) is 42.5 Å². The first-order valence-corrected chi connectivity index (χ1v) is 13.3. The topological polar surface area (TPSA) is 106 Å². The molecule has 1 aliphatic heterocycles. The molecule has 6 rings (SSSR count). The molecule has 2 amide bonds. The fraction of sp³-hybridized carbons (Fsp3) is 0.290. The lowest BCUT2D eigenvalue weighted by atomic mass is 9.68. The van der Waals surface area contributed by atoms with Crippen molar-refractivity contribution in [2.24, 2.45) is 12.5 Å². The Bertz CT molecular complexity index is 1610. The monoisotopic (exact) mass is 520 g/mol. The van der Waals surface area contributed by atoms with Gasteiger partial charge in [-0.05, 0) is 67.0 Å². The van der Waals surface area contributed by atoms with E-state index in [-0.39, 0.29) is 11.8 Å². The van der Waals surface area contributed by atoms with Gasteiger partial charge in [0.15, 0.2) is 0 Å². The van der Waals surface area contributed by atoms with Crippen LogP contribution in [0.1, 0.15) is 43.0 Å². The summed E-state index contributed by atoms with van der Waals surface area (Å²) in [7, 11) is 1.95. The number of fused-ring (bicyclic) bond motifs is 1. The van der Waals surface area contributed by atoms with Crippen molar-refractivity contribution in [3.8, 4) is 22.4 Å². The van der Waals surface area contributed by atoms with Gasteiger partial charge in [-0.15, -0.1) is 0 Å². The molecule has 2 aliphatic rings. The lowest BCUT2D eigenvalue weighted by Gasteiger charge is -2.37. The summed E-state index contributed by atoms with van der Waals surface area (Å²) in [5, 5.41) is 3.61. The van der Waals surface area contributed by atoms with Crippen molar-refractivity contribution < 1.29 is 9.59 Å². The Hall–Kier alpha value is -4.46. The highest BCUT2D eigenvalue weighted by atomic mass is 16.2. The highest BCUT2D eigenvalue weighted by Gasteiger charge is 2.44. The van der Waals surface area contributed by atoms with E-state index in [9.17, 15) is 9.59 Å². The highest BCUT2D eigenvalue weighted by Crippen LogP contribution is 2.48. The Labute approximate surface area is 227 Å². The molecule has 3 N–H and O–H groups in total. The largest absolute Gasteiger partial charge is 0.383 e. The highest BCUT2D eigenvalue weighted by molar-refractivity contribution is 6.08. The van der Waals surface area contributed by atoms with Crippen LogP contribution in [-0.2, 0) is 11.8 Å². The zero-order valence-electron chi connectivity index (χ0n) is 22.3. The zero-order valence-corrected chi connectivity index (χ0v) is 22.3. The molecule has 1 saturated heterocycles. The quantitative estimate of drug-likeness (QED) is 0.342. The summed E-state index contributed by atoms with van der Waals surface area (Å²) in [5.41, 5.74) is 13.0. The Morgan fingerprint density at radius 1 is 1.00 bits per heavy atom. The Morgan fingerprint density at radius 3 is 2.31 bits per heavy atom. The predicted octanol–water partition coefficient (Wildman–Crippen LogP) is 5.42. The molecule has 39 heavy (non-hydrogen) atoms. The van der Waals surface area contributed by atoms with Crippen LogP contribution in [0.25, 0.3) is 33.4 Å². The molecule has 198 valence electrons. The minimum Gasteiger partial charge on any atom is -0.383 e. The van der Waals surface area contributed by atoms with E-state index in [1.165, 1.54) is 25.6 Å². The number of anilines is 2. The average molecular weight is 521 g/mol. The fourth-order valence-corrected chi connectivity index (χ4v) is 6.00. The number of hydrogen-bond acceptors (Lipinski definition) is 5. The molecule has 0 unspecified atom stereocenters. The maximum absolute atomic E-state index is 13.3. The zero-order chi connectivity index (χ0) is 27.3. The molecule has 0 bridgehead atoms. The minimum atomic E-state index is -0.220. The molecular formula is C31H32N6O2. The molecule has 4 aromatic rings. The second kappa shape index (κ2) is 9.38. The van der Waals surface area contributed by atoms with Crippen molar-refractivity contribution >= 4 is 34.4 Å². The van der Waals surface area contributed by atoms with Crippen LogP contribution in [0.15, 0.2) is 67.0 Å². The Balaban J connectivity index is 1.37. The number of carbonyl (C=O) groups excluding carboxylic acids is 2. The first kappa shape index (κ1) is 24.9. The van der Waals surface area contributed by atoms with Gasteiger partial charge >= 0.3 is 0 Å². The van der Waals surface area contributed by atoms with Gasteiger partial charge in [0.1, 0.15) is 17.8 Å². The van der Waals surface area contributed by atoms with E-state index in [1.54, 1.807) is 6.92 Å².